The highest BCUT2D eigenvalue weighted by Gasteiger charge is 2.25. The van der Waals surface area contributed by atoms with Gasteiger partial charge in [-0.3, -0.25) is 4.79 Å². The van der Waals surface area contributed by atoms with Gasteiger partial charge in [-0.25, -0.2) is 4.98 Å². The average Bonchev–Trinajstić information content (AvgIpc) is 2.41. The highest BCUT2D eigenvalue weighted by atomic mass is 35.5. The number of rotatable bonds is 2. The van der Waals surface area contributed by atoms with Crippen LogP contribution in [0, 0.1) is 0 Å². The average molecular weight is 286 g/mol. The molecule has 0 radical (unpaired) electrons. The fraction of sp³-hybridized carbons (Fsp3) is 0.500. The summed E-state index contributed by atoms with van der Waals surface area (Å²) in [5.74, 6) is 0.929. The molecule has 98 valence electrons. The van der Waals surface area contributed by atoms with Crippen molar-refractivity contribution in [3.63, 3.8) is 0 Å². The summed E-state index contributed by atoms with van der Waals surface area (Å²) < 4.78 is 0. The van der Waals surface area contributed by atoms with E-state index in [0.717, 1.165) is 25.3 Å². The lowest BCUT2D eigenvalue weighted by Gasteiger charge is -2.32. The van der Waals surface area contributed by atoms with E-state index in [0.29, 0.717) is 21.7 Å². The first-order chi connectivity index (χ1) is 8.61. The van der Waals surface area contributed by atoms with Crippen LogP contribution in [0.15, 0.2) is 12.3 Å². The predicted molar refractivity (Wildman–Crippen MR) is 76.1 cm³/mol. The van der Waals surface area contributed by atoms with E-state index in [-0.39, 0.29) is 5.91 Å². The Labute approximate surface area is 116 Å². The van der Waals surface area contributed by atoms with Gasteiger partial charge in [0, 0.05) is 24.1 Å². The smallest absolute Gasteiger partial charge is 0.256 e. The maximum atomic E-state index is 12.4. The van der Waals surface area contributed by atoms with Crippen molar-refractivity contribution >= 4 is 35.0 Å². The fourth-order valence-electron chi connectivity index (χ4n) is 1.95. The van der Waals surface area contributed by atoms with E-state index in [9.17, 15) is 4.79 Å². The third-order valence-electron chi connectivity index (χ3n) is 3.01. The van der Waals surface area contributed by atoms with Gasteiger partial charge in [-0.1, -0.05) is 18.5 Å². The molecule has 0 aromatic carbocycles. The van der Waals surface area contributed by atoms with Crippen LogP contribution >= 0.6 is 23.4 Å². The quantitative estimate of drug-likeness (QED) is 0.847. The van der Waals surface area contributed by atoms with Crippen LogP contribution in [0.1, 0.15) is 23.7 Å². The lowest BCUT2D eigenvalue weighted by Crippen LogP contribution is -2.42. The summed E-state index contributed by atoms with van der Waals surface area (Å²) in [7, 11) is 0. The van der Waals surface area contributed by atoms with Gasteiger partial charge in [0.05, 0.1) is 17.4 Å². The van der Waals surface area contributed by atoms with E-state index >= 15 is 0 Å². The summed E-state index contributed by atoms with van der Waals surface area (Å²) in [6.07, 6.45) is 2.51. The fourth-order valence-corrected chi connectivity index (χ4v) is 3.28. The molecule has 2 N–H and O–H groups in total. The van der Waals surface area contributed by atoms with Crippen molar-refractivity contribution in [1.29, 1.82) is 0 Å². The van der Waals surface area contributed by atoms with Crippen molar-refractivity contribution in [1.82, 2.24) is 9.88 Å². The lowest BCUT2D eigenvalue weighted by atomic mass is 10.2. The number of halogens is 1. The first kappa shape index (κ1) is 13.5. The second-order valence-corrected chi connectivity index (χ2v) is 6.04. The highest BCUT2D eigenvalue weighted by Crippen LogP contribution is 2.24. The van der Waals surface area contributed by atoms with E-state index in [1.807, 2.05) is 16.7 Å². The van der Waals surface area contributed by atoms with Gasteiger partial charge < -0.3 is 10.6 Å². The minimum absolute atomic E-state index is 0.0458. The molecule has 1 fully saturated rings. The Morgan fingerprint density at radius 1 is 1.72 bits per heavy atom. The summed E-state index contributed by atoms with van der Waals surface area (Å²) in [5, 5.41) is 0.812. The number of anilines is 1. The first-order valence-corrected chi connectivity index (χ1v) is 7.36. The molecule has 18 heavy (non-hydrogen) atoms. The molecule has 1 amide bonds. The van der Waals surface area contributed by atoms with Crippen molar-refractivity contribution in [3.05, 3.63) is 23.0 Å². The van der Waals surface area contributed by atoms with Gasteiger partial charge in [-0.15, -0.1) is 0 Å². The molecule has 2 rings (SSSR count). The zero-order valence-electron chi connectivity index (χ0n) is 10.2. The third-order valence-corrected chi connectivity index (χ3v) is 4.59. The van der Waals surface area contributed by atoms with Crippen LogP contribution < -0.4 is 5.73 Å². The van der Waals surface area contributed by atoms with Crippen LogP contribution in [0.4, 0.5) is 5.69 Å². The maximum Gasteiger partial charge on any atom is 0.256 e. The van der Waals surface area contributed by atoms with Crippen molar-refractivity contribution in [3.8, 4) is 0 Å². The van der Waals surface area contributed by atoms with Gasteiger partial charge in [-0.05, 0) is 12.5 Å². The molecule has 0 aliphatic carbocycles. The van der Waals surface area contributed by atoms with Crippen molar-refractivity contribution in [2.45, 2.75) is 18.6 Å². The molecule has 6 heteroatoms. The van der Waals surface area contributed by atoms with E-state index in [4.69, 9.17) is 17.3 Å². The zero-order chi connectivity index (χ0) is 13.1. The Morgan fingerprint density at radius 3 is 3.22 bits per heavy atom. The molecular formula is C12H16ClN3OS. The Kier molecular flexibility index (Phi) is 4.35. The summed E-state index contributed by atoms with van der Waals surface area (Å²) in [6.45, 7) is 3.68. The molecule has 0 bridgehead atoms. The number of amides is 1. The molecule has 0 saturated carbocycles. The zero-order valence-corrected chi connectivity index (χ0v) is 11.8. The van der Waals surface area contributed by atoms with E-state index in [1.54, 1.807) is 6.07 Å². The van der Waals surface area contributed by atoms with Gasteiger partial charge >= 0.3 is 0 Å². The SMILES string of the molecule is CCC1CN(C(=O)c2cc(Cl)ncc2N)CCS1. The molecule has 0 spiro atoms. The molecule has 1 aliphatic heterocycles. The Hall–Kier alpha value is -0.940. The molecule has 1 atom stereocenters. The number of aromatic nitrogens is 1. The number of nitrogens with two attached hydrogens (primary N) is 1. The van der Waals surface area contributed by atoms with Gasteiger partial charge in [0.25, 0.3) is 5.91 Å². The minimum Gasteiger partial charge on any atom is -0.397 e. The number of carbonyl (C=O) groups is 1. The number of nitrogen functional groups attached to an aromatic ring is 1. The molecule has 1 saturated heterocycles. The van der Waals surface area contributed by atoms with E-state index in [1.165, 1.54) is 6.20 Å². The van der Waals surface area contributed by atoms with Crippen molar-refractivity contribution < 1.29 is 4.79 Å². The van der Waals surface area contributed by atoms with Crippen LogP contribution in [0.25, 0.3) is 0 Å². The number of hydrogen-bond donors (Lipinski definition) is 1. The molecule has 2 heterocycles. The van der Waals surface area contributed by atoms with Crippen LogP contribution in [0.3, 0.4) is 0 Å². The minimum atomic E-state index is -0.0458. The van der Waals surface area contributed by atoms with Crippen molar-refractivity contribution in [2.75, 3.05) is 24.6 Å². The molecule has 1 aromatic rings. The lowest BCUT2D eigenvalue weighted by molar-refractivity contribution is 0.0762. The monoisotopic (exact) mass is 285 g/mol. The molecule has 1 aromatic heterocycles. The summed E-state index contributed by atoms with van der Waals surface area (Å²) in [5.41, 5.74) is 6.63. The van der Waals surface area contributed by atoms with E-state index in [2.05, 4.69) is 11.9 Å². The van der Waals surface area contributed by atoms with Gasteiger partial charge in [0.15, 0.2) is 0 Å². The summed E-state index contributed by atoms with van der Waals surface area (Å²) in [4.78, 5) is 18.1. The second-order valence-electron chi connectivity index (χ2n) is 4.25. The van der Waals surface area contributed by atoms with Gasteiger partial charge in [0.2, 0.25) is 0 Å². The first-order valence-electron chi connectivity index (χ1n) is 5.93. The van der Waals surface area contributed by atoms with Crippen LogP contribution in [0.5, 0.6) is 0 Å². The number of thioether (sulfide) groups is 1. The van der Waals surface area contributed by atoms with Gasteiger partial charge in [-0.2, -0.15) is 11.8 Å². The Bertz CT molecular complexity index is 455. The number of hydrogen-bond acceptors (Lipinski definition) is 4. The largest absolute Gasteiger partial charge is 0.397 e. The second kappa shape index (κ2) is 5.80. The standard InChI is InChI=1S/C12H16ClN3OS/c1-2-8-7-16(3-4-18-8)12(17)9-5-11(13)15-6-10(9)14/h5-6,8H,2-4,7,14H2,1H3. The number of nitrogens with zero attached hydrogens (tertiary/aromatic N) is 2. The van der Waals surface area contributed by atoms with Crippen molar-refractivity contribution in [2.24, 2.45) is 0 Å². The van der Waals surface area contributed by atoms with Gasteiger partial charge in [0.1, 0.15) is 5.15 Å². The number of carbonyl (C=O) groups excluding carboxylic acids is 1. The normalized spacial score (nSPS) is 19.9. The topological polar surface area (TPSA) is 59.2 Å². The molecular weight excluding hydrogens is 270 g/mol. The third kappa shape index (κ3) is 2.90. The predicted octanol–water partition coefficient (Wildman–Crippen LogP) is 2.28. The molecule has 1 unspecified atom stereocenters. The summed E-state index contributed by atoms with van der Waals surface area (Å²) >= 11 is 7.74. The highest BCUT2D eigenvalue weighted by molar-refractivity contribution is 8.00. The maximum absolute atomic E-state index is 12.4. The Balaban J connectivity index is 2.17. The van der Waals surface area contributed by atoms with Crippen LogP contribution in [-0.4, -0.2) is 39.9 Å². The molecule has 1 aliphatic rings. The Morgan fingerprint density at radius 2 is 2.50 bits per heavy atom. The molecule has 4 nitrogen and oxygen atoms in total. The van der Waals surface area contributed by atoms with Crippen LogP contribution in [0.2, 0.25) is 5.15 Å². The summed E-state index contributed by atoms with van der Waals surface area (Å²) in [6, 6.07) is 1.54. The van der Waals surface area contributed by atoms with Crippen LogP contribution in [-0.2, 0) is 0 Å². The number of pyridine rings is 1. The van der Waals surface area contributed by atoms with E-state index < -0.39 is 0 Å².